The lowest BCUT2D eigenvalue weighted by molar-refractivity contribution is 1.26. The van der Waals surface area contributed by atoms with E-state index in [0.29, 0.717) is 0 Å². The molecule has 4 aromatic heterocycles. The lowest BCUT2D eigenvalue weighted by Gasteiger charge is -2.28. The van der Waals surface area contributed by atoms with Crippen molar-refractivity contribution in [3.8, 4) is 22.3 Å². The highest BCUT2D eigenvalue weighted by atomic mass is 15.2. The first-order valence-electron chi connectivity index (χ1n) is 24.5. The second-order valence-corrected chi connectivity index (χ2v) is 18.8. The zero-order valence-corrected chi connectivity index (χ0v) is 39.0. The average Bonchev–Trinajstić information content (AvgIpc) is 4.18. The molecule has 0 N–H and O–H groups in total. The van der Waals surface area contributed by atoms with E-state index in [2.05, 4.69) is 274 Å². The van der Waals surface area contributed by atoms with Gasteiger partial charge in [0.15, 0.2) is 0 Å². The number of benzene rings is 11. The zero-order valence-electron chi connectivity index (χ0n) is 39.0. The minimum atomic E-state index is 1.12. The normalized spacial score (nSPS) is 12.0. The van der Waals surface area contributed by atoms with Crippen LogP contribution in [0.5, 0.6) is 0 Å². The Balaban J connectivity index is 1.15. The van der Waals surface area contributed by atoms with Gasteiger partial charge < -0.3 is 18.6 Å². The fourth-order valence-electron chi connectivity index (χ4n) is 12.3. The molecule has 0 aliphatic rings. The largest absolute Gasteiger partial charge is 0.310 e. The molecule has 0 fully saturated rings. The van der Waals surface area contributed by atoms with Crippen molar-refractivity contribution < 1.29 is 0 Å². The van der Waals surface area contributed by atoms with Gasteiger partial charge in [-0.1, -0.05) is 182 Å². The van der Waals surface area contributed by atoms with Crippen LogP contribution >= 0.6 is 0 Å². The molecule has 0 unspecified atom stereocenters. The topological polar surface area (TPSA) is 15.3 Å². The van der Waals surface area contributed by atoms with Gasteiger partial charge in [0, 0.05) is 77.0 Å². The summed E-state index contributed by atoms with van der Waals surface area (Å²) in [5, 5.41) is 9.92. The Morgan fingerprint density at radius 1 is 0.268 bits per heavy atom. The fourth-order valence-corrected chi connectivity index (χ4v) is 12.3. The van der Waals surface area contributed by atoms with Gasteiger partial charge in [0.2, 0.25) is 0 Å². The van der Waals surface area contributed by atoms with Crippen LogP contribution in [-0.4, -0.2) is 8.80 Å². The molecule has 0 aliphatic carbocycles. The molecule has 0 radical (unpaired) electrons. The van der Waals surface area contributed by atoms with Crippen LogP contribution in [0, 0.1) is 6.92 Å². The highest BCUT2D eigenvalue weighted by Crippen LogP contribution is 2.56. The van der Waals surface area contributed by atoms with Gasteiger partial charge in [0.05, 0.1) is 44.5 Å². The monoisotopic (exact) mass is 904 g/mol. The van der Waals surface area contributed by atoms with Crippen molar-refractivity contribution in [1.29, 1.82) is 0 Å². The summed E-state index contributed by atoms with van der Waals surface area (Å²) >= 11 is 0. The molecule has 0 aliphatic heterocycles. The summed E-state index contributed by atoms with van der Waals surface area (Å²) < 4.78 is 5.24. The molecule has 15 aromatic rings. The first-order chi connectivity index (χ1) is 35.2. The van der Waals surface area contributed by atoms with Crippen LogP contribution in [-0.2, 0) is 0 Å². The highest BCUT2D eigenvalue weighted by Gasteiger charge is 2.32. The summed E-state index contributed by atoms with van der Waals surface area (Å²) in [5.74, 6) is 0. The predicted molar refractivity (Wildman–Crippen MR) is 301 cm³/mol. The Morgan fingerprint density at radius 2 is 0.606 bits per heavy atom. The SMILES string of the molecule is Cc1ccccc1N(c1ccccc1)c1cccc2c1c1cccc3c4c(-c5ccccc5)c5c(c(-c6ccccc6)c4n2c13)c1cccc2c3c(N(c4ccccc4)c4ccccc4)cccc3n5c21. The van der Waals surface area contributed by atoms with Crippen LogP contribution in [0.15, 0.2) is 249 Å². The maximum atomic E-state index is 2.62. The molecule has 11 aromatic carbocycles. The molecule has 0 bridgehead atoms. The molecular formula is C67H44N4. The van der Waals surface area contributed by atoms with Gasteiger partial charge in [-0.05, 0) is 90.3 Å². The Hall–Kier alpha value is -9.38. The molecule has 0 atom stereocenters. The van der Waals surface area contributed by atoms with Gasteiger partial charge >= 0.3 is 0 Å². The van der Waals surface area contributed by atoms with Gasteiger partial charge in [0.25, 0.3) is 0 Å². The number of aromatic nitrogens is 2. The van der Waals surface area contributed by atoms with Crippen molar-refractivity contribution >= 4 is 110 Å². The summed E-state index contributed by atoms with van der Waals surface area (Å²) in [6, 6.07) is 91.2. The highest BCUT2D eigenvalue weighted by molar-refractivity contribution is 6.39. The number of hydrogen-bond acceptors (Lipinski definition) is 2. The lowest BCUT2D eigenvalue weighted by Crippen LogP contribution is -2.11. The maximum Gasteiger partial charge on any atom is 0.0634 e. The summed E-state index contributed by atoms with van der Waals surface area (Å²) in [6.07, 6.45) is 0. The second-order valence-electron chi connectivity index (χ2n) is 18.8. The van der Waals surface area contributed by atoms with E-state index >= 15 is 0 Å². The number of rotatable bonds is 8. The van der Waals surface area contributed by atoms with E-state index < -0.39 is 0 Å². The van der Waals surface area contributed by atoms with E-state index in [-0.39, 0.29) is 0 Å². The van der Waals surface area contributed by atoms with Crippen LogP contribution in [0.25, 0.3) is 98.4 Å². The molecule has 0 saturated heterocycles. The van der Waals surface area contributed by atoms with Crippen molar-refractivity contribution in [2.45, 2.75) is 6.92 Å². The van der Waals surface area contributed by atoms with Crippen LogP contribution < -0.4 is 9.80 Å². The van der Waals surface area contributed by atoms with Gasteiger partial charge in [-0.3, -0.25) is 0 Å². The van der Waals surface area contributed by atoms with E-state index in [4.69, 9.17) is 0 Å². The third kappa shape index (κ3) is 5.56. The number of para-hydroxylation sites is 6. The number of aryl methyl sites for hydroxylation is 1. The van der Waals surface area contributed by atoms with E-state index in [1.54, 1.807) is 0 Å². The minimum Gasteiger partial charge on any atom is -0.310 e. The second kappa shape index (κ2) is 15.3. The summed E-state index contributed by atoms with van der Waals surface area (Å²) in [5.41, 5.74) is 20.2. The van der Waals surface area contributed by atoms with Crippen LogP contribution in [0.2, 0.25) is 0 Å². The van der Waals surface area contributed by atoms with Gasteiger partial charge in [0.1, 0.15) is 0 Å². The van der Waals surface area contributed by atoms with Gasteiger partial charge in [-0.15, -0.1) is 0 Å². The van der Waals surface area contributed by atoms with Gasteiger partial charge in [-0.25, -0.2) is 0 Å². The molecule has 71 heavy (non-hydrogen) atoms. The smallest absolute Gasteiger partial charge is 0.0634 e. The average molecular weight is 905 g/mol. The quantitative estimate of drug-likeness (QED) is 0.151. The third-order valence-electron chi connectivity index (χ3n) is 15.0. The minimum absolute atomic E-state index is 1.12. The Kier molecular flexibility index (Phi) is 8.54. The summed E-state index contributed by atoms with van der Waals surface area (Å²) in [7, 11) is 0. The van der Waals surface area contributed by atoms with E-state index in [0.717, 1.165) is 34.1 Å². The van der Waals surface area contributed by atoms with Crippen LogP contribution in [0.1, 0.15) is 5.56 Å². The zero-order chi connectivity index (χ0) is 46.7. The Labute approximate surface area is 410 Å². The van der Waals surface area contributed by atoms with Crippen molar-refractivity contribution in [1.82, 2.24) is 8.80 Å². The van der Waals surface area contributed by atoms with Crippen molar-refractivity contribution in [3.63, 3.8) is 0 Å². The Bertz CT molecular complexity index is 4460. The van der Waals surface area contributed by atoms with E-state index in [1.807, 2.05) is 0 Å². The molecule has 0 amide bonds. The molecule has 15 rings (SSSR count). The van der Waals surface area contributed by atoms with Crippen molar-refractivity contribution in [2.24, 2.45) is 0 Å². The Morgan fingerprint density at radius 3 is 1.04 bits per heavy atom. The number of fused-ring (bicyclic) bond motifs is 12. The number of hydrogen-bond donors (Lipinski definition) is 0. The fraction of sp³-hybridized carbons (Fsp3) is 0.0149. The lowest BCUT2D eigenvalue weighted by atomic mass is 9.89. The first-order valence-corrected chi connectivity index (χ1v) is 24.5. The van der Waals surface area contributed by atoms with Crippen LogP contribution in [0.3, 0.4) is 0 Å². The van der Waals surface area contributed by atoms with E-state index in [1.165, 1.54) is 104 Å². The van der Waals surface area contributed by atoms with Crippen LogP contribution in [0.4, 0.5) is 34.1 Å². The third-order valence-corrected chi connectivity index (χ3v) is 15.0. The molecular weight excluding hydrogens is 861 g/mol. The van der Waals surface area contributed by atoms with Gasteiger partial charge in [-0.2, -0.15) is 0 Å². The van der Waals surface area contributed by atoms with E-state index in [9.17, 15) is 0 Å². The molecule has 0 spiro atoms. The standard InChI is InChI=1S/C67H44N4/c1-43-23-17-18-38-53(43)69(48-32-15-6-16-33-48)55-40-22-42-57-61(55)50-35-20-37-52-63-58(44-24-7-2-8-25-44)66-62(59(45-26-9-3-10-27-45)67(63)71(57)65(50)52)51-36-19-34-49-60-54(39-21-41-56(60)70(66)64(49)51)68(46-28-11-4-12-29-46)47-30-13-5-14-31-47/h2-42H,1H3. The van der Waals surface area contributed by atoms with Crippen molar-refractivity contribution in [3.05, 3.63) is 254 Å². The molecule has 4 nitrogen and oxygen atoms in total. The maximum absolute atomic E-state index is 2.62. The number of nitrogens with zero attached hydrogens (tertiary/aromatic N) is 4. The summed E-state index contributed by atoms with van der Waals surface area (Å²) in [4.78, 5) is 4.87. The molecule has 4 heteroatoms. The number of anilines is 6. The predicted octanol–water partition coefficient (Wildman–Crippen LogP) is 18.6. The molecule has 0 saturated carbocycles. The first kappa shape index (κ1) is 39.6. The summed E-state index contributed by atoms with van der Waals surface area (Å²) in [6.45, 7) is 2.22. The molecule has 332 valence electrons. The molecule has 4 heterocycles. The van der Waals surface area contributed by atoms with Crippen molar-refractivity contribution in [2.75, 3.05) is 9.80 Å².